The molecule has 0 bridgehead atoms. The van der Waals surface area contributed by atoms with Crippen LogP contribution in [0.3, 0.4) is 0 Å². The van der Waals surface area contributed by atoms with Crippen LogP contribution in [0, 0.1) is 12.3 Å². The summed E-state index contributed by atoms with van der Waals surface area (Å²) in [6.45, 7) is 2.31. The highest BCUT2D eigenvalue weighted by Gasteiger charge is 2.39. The van der Waals surface area contributed by atoms with Gasteiger partial charge in [-0.3, -0.25) is 4.79 Å². The number of aromatic nitrogens is 1. The van der Waals surface area contributed by atoms with Gasteiger partial charge < -0.3 is 11.1 Å². The highest BCUT2D eigenvalue weighted by Crippen LogP contribution is 2.38. The van der Waals surface area contributed by atoms with Gasteiger partial charge in [0, 0.05) is 11.0 Å². The van der Waals surface area contributed by atoms with Gasteiger partial charge >= 0.3 is 0 Å². The van der Waals surface area contributed by atoms with Crippen molar-refractivity contribution in [2.75, 3.05) is 11.9 Å². The van der Waals surface area contributed by atoms with Gasteiger partial charge in [0.2, 0.25) is 5.91 Å². The molecule has 0 aliphatic heterocycles. The summed E-state index contributed by atoms with van der Waals surface area (Å²) in [6, 6.07) is 3.69. The average Bonchev–Trinajstić information content (AvgIpc) is 2.84. The molecule has 5 heteroatoms. The first-order valence-electron chi connectivity index (χ1n) is 6.22. The van der Waals surface area contributed by atoms with E-state index in [2.05, 4.69) is 26.2 Å². The number of halogens is 1. The van der Waals surface area contributed by atoms with Crippen molar-refractivity contribution in [1.82, 2.24) is 4.98 Å². The first-order valence-corrected chi connectivity index (χ1v) is 7.01. The maximum Gasteiger partial charge on any atom is 0.233 e. The predicted molar refractivity (Wildman–Crippen MR) is 75.3 cm³/mol. The van der Waals surface area contributed by atoms with Gasteiger partial charge in [-0.25, -0.2) is 4.98 Å². The minimum absolute atomic E-state index is 0.0109. The van der Waals surface area contributed by atoms with E-state index in [0.29, 0.717) is 12.4 Å². The SMILES string of the molecule is Cc1nc(NC(=O)C2(CN)CCCC2)ccc1Br. The molecule has 4 nitrogen and oxygen atoms in total. The highest BCUT2D eigenvalue weighted by atomic mass is 79.9. The summed E-state index contributed by atoms with van der Waals surface area (Å²) in [6.07, 6.45) is 3.92. The second-order valence-electron chi connectivity index (χ2n) is 4.91. The number of nitrogens with two attached hydrogens (primary N) is 1. The lowest BCUT2D eigenvalue weighted by Crippen LogP contribution is -2.40. The third-order valence-corrected chi connectivity index (χ3v) is 4.53. The molecule has 1 heterocycles. The van der Waals surface area contributed by atoms with E-state index in [0.717, 1.165) is 35.8 Å². The first kappa shape index (κ1) is 13.5. The number of nitrogens with one attached hydrogen (secondary N) is 1. The molecular weight excluding hydrogens is 294 g/mol. The maximum atomic E-state index is 12.3. The van der Waals surface area contributed by atoms with E-state index >= 15 is 0 Å². The maximum absolute atomic E-state index is 12.3. The van der Waals surface area contributed by atoms with E-state index in [1.807, 2.05) is 13.0 Å². The number of carbonyl (C=O) groups is 1. The summed E-state index contributed by atoms with van der Waals surface area (Å²) in [4.78, 5) is 16.7. The molecule has 1 fully saturated rings. The molecule has 0 aromatic carbocycles. The molecular formula is C13H18BrN3O. The molecule has 0 saturated heterocycles. The van der Waals surface area contributed by atoms with Crippen LogP contribution in [0.5, 0.6) is 0 Å². The van der Waals surface area contributed by atoms with E-state index < -0.39 is 0 Å². The topological polar surface area (TPSA) is 68.0 Å². The Balaban J connectivity index is 2.13. The smallest absolute Gasteiger partial charge is 0.233 e. The second-order valence-corrected chi connectivity index (χ2v) is 5.76. The van der Waals surface area contributed by atoms with Gasteiger partial charge in [0.15, 0.2) is 0 Å². The van der Waals surface area contributed by atoms with E-state index in [4.69, 9.17) is 5.73 Å². The van der Waals surface area contributed by atoms with Crippen LogP contribution >= 0.6 is 15.9 Å². The molecule has 1 aliphatic carbocycles. The quantitative estimate of drug-likeness (QED) is 0.901. The zero-order chi connectivity index (χ0) is 13.2. The third kappa shape index (κ3) is 2.57. The summed E-state index contributed by atoms with van der Waals surface area (Å²) < 4.78 is 0.940. The molecule has 1 aliphatic rings. The van der Waals surface area contributed by atoms with Gasteiger partial charge in [-0.05, 0) is 47.8 Å². The van der Waals surface area contributed by atoms with E-state index in [1.165, 1.54) is 0 Å². The third-order valence-electron chi connectivity index (χ3n) is 3.70. The van der Waals surface area contributed by atoms with Crippen molar-refractivity contribution >= 4 is 27.7 Å². The summed E-state index contributed by atoms with van der Waals surface area (Å²) in [7, 11) is 0. The standard InChI is InChI=1S/C13H18BrN3O/c1-9-10(14)4-5-11(16-9)17-12(18)13(8-15)6-2-3-7-13/h4-5H,2-3,6-8,15H2,1H3,(H,16,17,18). The molecule has 0 unspecified atom stereocenters. The molecule has 3 N–H and O–H groups in total. The van der Waals surface area contributed by atoms with Crippen LogP contribution in [0.1, 0.15) is 31.4 Å². The number of amides is 1. The molecule has 1 aromatic heterocycles. The van der Waals surface area contributed by atoms with Gasteiger partial charge in [-0.15, -0.1) is 0 Å². The van der Waals surface area contributed by atoms with Gasteiger partial charge in [0.1, 0.15) is 5.82 Å². The molecule has 1 amide bonds. The first-order chi connectivity index (χ1) is 8.57. The number of carbonyl (C=O) groups excluding carboxylic acids is 1. The number of aryl methyl sites for hydroxylation is 1. The Morgan fingerprint density at radius 1 is 1.50 bits per heavy atom. The summed E-state index contributed by atoms with van der Waals surface area (Å²) in [5, 5.41) is 2.89. The van der Waals surface area contributed by atoms with Gasteiger partial charge in [0.05, 0.1) is 11.1 Å². The van der Waals surface area contributed by atoms with E-state index in [9.17, 15) is 4.79 Å². The minimum atomic E-state index is -0.386. The van der Waals surface area contributed by atoms with Crippen LogP contribution in [0.15, 0.2) is 16.6 Å². The number of hydrogen-bond donors (Lipinski definition) is 2. The summed E-state index contributed by atoms with van der Waals surface area (Å²) >= 11 is 3.39. The Bertz CT molecular complexity index is 456. The fourth-order valence-electron chi connectivity index (χ4n) is 2.44. The zero-order valence-electron chi connectivity index (χ0n) is 10.5. The second kappa shape index (κ2) is 5.36. The van der Waals surface area contributed by atoms with Crippen molar-refractivity contribution in [2.45, 2.75) is 32.6 Å². The van der Waals surface area contributed by atoms with E-state index in [1.54, 1.807) is 6.07 Å². The number of anilines is 1. The fourth-order valence-corrected chi connectivity index (χ4v) is 2.66. The molecule has 18 heavy (non-hydrogen) atoms. The zero-order valence-corrected chi connectivity index (χ0v) is 12.1. The molecule has 1 aromatic rings. The largest absolute Gasteiger partial charge is 0.329 e. The molecule has 0 atom stereocenters. The van der Waals surface area contributed by atoms with Gasteiger partial charge in [-0.2, -0.15) is 0 Å². The molecule has 2 rings (SSSR count). The van der Waals surface area contributed by atoms with Crippen molar-refractivity contribution in [3.8, 4) is 0 Å². The van der Waals surface area contributed by atoms with Crippen molar-refractivity contribution < 1.29 is 4.79 Å². The lowest BCUT2D eigenvalue weighted by molar-refractivity contribution is -0.124. The minimum Gasteiger partial charge on any atom is -0.329 e. The Morgan fingerprint density at radius 2 is 2.17 bits per heavy atom. The number of rotatable bonds is 3. The van der Waals surface area contributed by atoms with Crippen molar-refractivity contribution in [1.29, 1.82) is 0 Å². The van der Waals surface area contributed by atoms with Crippen LogP contribution in [0.2, 0.25) is 0 Å². The van der Waals surface area contributed by atoms with Crippen LogP contribution in [-0.2, 0) is 4.79 Å². The van der Waals surface area contributed by atoms with Crippen molar-refractivity contribution in [2.24, 2.45) is 11.1 Å². The Morgan fingerprint density at radius 3 is 2.72 bits per heavy atom. The number of nitrogens with zero attached hydrogens (tertiary/aromatic N) is 1. The average molecular weight is 312 g/mol. The Kier molecular flexibility index (Phi) is 4.02. The summed E-state index contributed by atoms with van der Waals surface area (Å²) in [5.74, 6) is 0.608. The molecule has 1 saturated carbocycles. The number of hydrogen-bond acceptors (Lipinski definition) is 3. The Labute approximate surface area is 115 Å². The predicted octanol–water partition coefficient (Wildman–Crippen LogP) is 2.61. The molecule has 0 radical (unpaired) electrons. The van der Waals surface area contributed by atoms with Crippen LogP contribution in [0.25, 0.3) is 0 Å². The van der Waals surface area contributed by atoms with Crippen LogP contribution < -0.4 is 11.1 Å². The van der Waals surface area contributed by atoms with Crippen molar-refractivity contribution in [3.63, 3.8) is 0 Å². The normalized spacial score (nSPS) is 17.7. The fraction of sp³-hybridized carbons (Fsp3) is 0.538. The lowest BCUT2D eigenvalue weighted by Gasteiger charge is -2.25. The van der Waals surface area contributed by atoms with Crippen molar-refractivity contribution in [3.05, 3.63) is 22.3 Å². The van der Waals surface area contributed by atoms with Gasteiger partial charge in [0.25, 0.3) is 0 Å². The molecule has 98 valence electrons. The lowest BCUT2D eigenvalue weighted by atomic mass is 9.85. The monoisotopic (exact) mass is 311 g/mol. The highest BCUT2D eigenvalue weighted by molar-refractivity contribution is 9.10. The molecule has 0 spiro atoms. The number of pyridine rings is 1. The van der Waals surface area contributed by atoms with Crippen LogP contribution in [0.4, 0.5) is 5.82 Å². The van der Waals surface area contributed by atoms with Gasteiger partial charge in [-0.1, -0.05) is 12.8 Å². The Hall–Kier alpha value is -0.940. The summed E-state index contributed by atoms with van der Waals surface area (Å²) in [5.41, 5.74) is 6.26. The van der Waals surface area contributed by atoms with E-state index in [-0.39, 0.29) is 11.3 Å². The van der Waals surface area contributed by atoms with Crippen LogP contribution in [-0.4, -0.2) is 17.4 Å².